The molecule has 1 aliphatic rings. The quantitative estimate of drug-likeness (QED) is 0.855. The van der Waals surface area contributed by atoms with Crippen LogP contribution < -0.4 is 5.32 Å². The normalized spacial score (nSPS) is 14.0. The largest absolute Gasteiger partial charge is 0.462 e. The fourth-order valence-electron chi connectivity index (χ4n) is 2.06. The monoisotopic (exact) mass is 322 g/mol. The number of esters is 1. The molecule has 21 heavy (non-hydrogen) atoms. The van der Waals surface area contributed by atoms with Crippen molar-refractivity contribution in [3.8, 4) is 0 Å². The number of ether oxygens (including phenoxy) is 1. The highest BCUT2D eigenvalue weighted by molar-refractivity contribution is 7.15. The summed E-state index contributed by atoms with van der Waals surface area (Å²) in [5.74, 6) is -0.245. The maximum atomic E-state index is 12.2. The molecule has 1 aliphatic carbocycles. The van der Waals surface area contributed by atoms with Gasteiger partial charge in [0.2, 0.25) is 0 Å². The Labute approximate surface area is 130 Å². The molecule has 110 valence electrons. The molecule has 0 aliphatic heterocycles. The summed E-state index contributed by atoms with van der Waals surface area (Å²) in [7, 11) is 0. The molecular weight excluding hydrogens is 308 g/mol. The molecule has 7 heteroatoms. The minimum absolute atomic E-state index is 0.300. The summed E-state index contributed by atoms with van der Waals surface area (Å²) < 4.78 is 5.12. The van der Waals surface area contributed by atoms with Crippen LogP contribution in [0.1, 0.15) is 52.1 Å². The van der Waals surface area contributed by atoms with E-state index in [1.807, 2.05) is 5.38 Å². The number of aromatic nitrogens is 1. The lowest BCUT2D eigenvalue weighted by molar-refractivity contribution is 0.0527. The van der Waals surface area contributed by atoms with Gasteiger partial charge < -0.3 is 10.1 Å². The van der Waals surface area contributed by atoms with E-state index in [9.17, 15) is 9.59 Å². The Hall–Kier alpha value is -1.73. The Balaban J connectivity index is 1.87. The number of carbonyl (C=O) groups is 2. The summed E-state index contributed by atoms with van der Waals surface area (Å²) in [6.07, 6.45) is 2.17. The maximum absolute atomic E-state index is 12.2. The standard InChI is InChI=1S/C14H14N2O3S2/c1-2-19-14(18)11-9(8-3-4-8)5-21-13(11)16-12(17)10-6-20-7-15-10/h5-8H,2-4H2,1H3,(H,16,17). The average Bonchev–Trinajstić information content (AvgIpc) is 3.01. The van der Waals surface area contributed by atoms with Gasteiger partial charge >= 0.3 is 5.97 Å². The third kappa shape index (κ3) is 2.98. The summed E-state index contributed by atoms with van der Waals surface area (Å²) >= 11 is 2.72. The predicted octanol–water partition coefficient (Wildman–Crippen LogP) is 3.51. The first kappa shape index (κ1) is 14.2. The van der Waals surface area contributed by atoms with Crippen molar-refractivity contribution in [3.05, 3.63) is 33.1 Å². The van der Waals surface area contributed by atoms with E-state index in [1.165, 1.54) is 22.7 Å². The molecule has 1 saturated carbocycles. The lowest BCUT2D eigenvalue weighted by Gasteiger charge is -2.07. The molecule has 0 aromatic carbocycles. The summed E-state index contributed by atoms with van der Waals surface area (Å²) in [4.78, 5) is 28.2. The van der Waals surface area contributed by atoms with Gasteiger partial charge in [-0.3, -0.25) is 4.79 Å². The zero-order chi connectivity index (χ0) is 14.8. The van der Waals surface area contributed by atoms with Crippen LogP contribution in [0.5, 0.6) is 0 Å². The Morgan fingerprint density at radius 2 is 2.24 bits per heavy atom. The molecule has 2 aromatic rings. The molecule has 3 rings (SSSR count). The summed E-state index contributed by atoms with van der Waals surface area (Å²) in [6, 6.07) is 0. The van der Waals surface area contributed by atoms with Crippen LogP contribution in [0.25, 0.3) is 0 Å². The van der Waals surface area contributed by atoms with E-state index < -0.39 is 0 Å². The van der Waals surface area contributed by atoms with Crippen LogP contribution in [0, 0.1) is 0 Å². The number of nitrogens with zero attached hydrogens (tertiary/aromatic N) is 1. The highest BCUT2D eigenvalue weighted by Gasteiger charge is 2.32. The van der Waals surface area contributed by atoms with Crippen LogP contribution in [0.15, 0.2) is 16.3 Å². The molecule has 0 bridgehead atoms. The molecule has 5 nitrogen and oxygen atoms in total. The smallest absolute Gasteiger partial charge is 0.341 e. The van der Waals surface area contributed by atoms with Gasteiger partial charge in [0.05, 0.1) is 17.7 Å². The van der Waals surface area contributed by atoms with Crippen molar-refractivity contribution in [1.29, 1.82) is 0 Å². The van der Waals surface area contributed by atoms with Gasteiger partial charge in [-0.25, -0.2) is 9.78 Å². The second-order valence-electron chi connectivity index (χ2n) is 4.72. The van der Waals surface area contributed by atoms with E-state index in [-0.39, 0.29) is 11.9 Å². The third-order valence-corrected chi connectivity index (χ3v) is 4.71. The van der Waals surface area contributed by atoms with Crippen LogP contribution in [0.3, 0.4) is 0 Å². The summed E-state index contributed by atoms with van der Waals surface area (Å²) in [5, 5.41) is 6.95. The number of amides is 1. The molecule has 1 amide bonds. The first-order valence-corrected chi connectivity index (χ1v) is 8.51. The predicted molar refractivity (Wildman–Crippen MR) is 82.3 cm³/mol. The first-order valence-electron chi connectivity index (χ1n) is 6.68. The molecule has 0 unspecified atom stereocenters. The lowest BCUT2D eigenvalue weighted by Crippen LogP contribution is -2.15. The van der Waals surface area contributed by atoms with E-state index in [0.29, 0.717) is 28.8 Å². The Kier molecular flexibility index (Phi) is 4.03. The molecule has 0 atom stereocenters. The van der Waals surface area contributed by atoms with Gasteiger partial charge in [0.15, 0.2) is 0 Å². The summed E-state index contributed by atoms with van der Waals surface area (Å²) in [6.45, 7) is 2.09. The number of thiophene rings is 1. The van der Waals surface area contributed by atoms with E-state index in [1.54, 1.807) is 17.8 Å². The Morgan fingerprint density at radius 3 is 2.86 bits per heavy atom. The van der Waals surface area contributed by atoms with Gasteiger partial charge in [0, 0.05) is 5.38 Å². The highest BCUT2D eigenvalue weighted by atomic mass is 32.1. The van der Waals surface area contributed by atoms with Crippen molar-refractivity contribution >= 4 is 39.6 Å². The number of hydrogen-bond acceptors (Lipinski definition) is 6. The molecule has 1 N–H and O–H groups in total. The molecule has 0 saturated heterocycles. The second kappa shape index (κ2) is 5.95. The Bertz CT molecular complexity index is 660. The zero-order valence-corrected chi connectivity index (χ0v) is 13.1. The number of anilines is 1. The van der Waals surface area contributed by atoms with Gasteiger partial charge in [-0.1, -0.05) is 0 Å². The van der Waals surface area contributed by atoms with E-state index in [2.05, 4.69) is 10.3 Å². The SMILES string of the molecule is CCOC(=O)c1c(C2CC2)csc1NC(=O)c1cscn1. The van der Waals surface area contributed by atoms with Crippen molar-refractivity contribution in [2.24, 2.45) is 0 Å². The molecular formula is C14H14N2O3S2. The van der Waals surface area contributed by atoms with Gasteiger partial charge in [-0.15, -0.1) is 22.7 Å². The average molecular weight is 322 g/mol. The number of rotatable bonds is 5. The van der Waals surface area contributed by atoms with Crippen molar-refractivity contribution < 1.29 is 14.3 Å². The topological polar surface area (TPSA) is 68.3 Å². The molecule has 2 heterocycles. The number of carbonyl (C=O) groups excluding carboxylic acids is 2. The van der Waals surface area contributed by atoms with Crippen LogP contribution in [-0.2, 0) is 4.74 Å². The minimum Gasteiger partial charge on any atom is -0.462 e. The fraction of sp³-hybridized carbons (Fsp3) is 0.357. The van der Waals surface area contributed by atoms with Crippen molar-refractivity contribution in [1.82, 2.24) is 4.98 Å². The molecule has 0 radical (unpaired) electrons. The van der Waals surface area contributed by atoms with Crippen molar-refractivity contribution in [3.63, 3.8) is 0 Å². The fourth-order valence-corrected chi connectivity index (χ4v) is 3.62. The van der Waals surface area contributed by atoms with Crippen LogP contribution >= 0.6 is 22.7 Å². The van der Waals surface area contributed by atoms with E-state index in [0.717, 1.165) is 18.4 Å². The highest BCUT2D eigenvalue weighted by Crippen LogP contribution is 2.46. The molecule has 0 spiro atoms. The third-order valence-electron chi connectivity index (χ3n) is 3.21. The van der Waals surface area contributed by atoms with Crippen molar-refractivity contribution in [2.45, 2.75) is 25.7 Å². The van der Waals surface area contributed by atoms with E-state index >= 15 is 0 Å². The molecule has 2 aromatic heterocycles. The van der Waals surface area contributed by atoms with Gasteiger partial charge in [0.25, 0.3) is 5.91 Å². The Morgan fingerprint density at radius 1 is 1.43 bits per heavy atom. The van der Waals surface area contributed by atoms with Crippen LogP contribution in [0.4, 0.5) is 5.00 Å². The first-order chi connectivity index (χ1) is 10.2. The van der Waals surface area contributed by atoms with Crippen LogP contribution in [-0.4, -0.2) is 23.5 Å². The lowest BCUT2D eigenvalue weighted by atomic mass is 10.1. The minimum atomic E-state index is -0.366. The number of thiazole rings is 1. The van der Waals surface area contributed by atoms with E-state index in [4.69, 9.17) is 4.74 Å². The number of hydrogen-bond donors (Lipinski definition) is 1. The summed E-state index contributed by atoms with van der Waals surface area (Å²) in [5.41, 5.74) is 3.46. The van der Waals surface area contributed by atoms with Crippen LogP contribution in [0.2, 0.25) is 0 Å². The second-order valence-corrected chi connectivity index (χ2v) is 6.32. The van der Waals surface area contributed by atoms with Gasteiger partial charge in [-0.2, -0.15) is 0 Å². The molecule has 1 fully saturated rings. The van der Waals surface area contributed by atoms with Gasteiger partial charge in [-0.05, 0) is 36.6 Å². The zero-order valence-electron chi connectivity index (χ0n) is 11.4. The van der Waals surface area contributed by atoms with Gasteiger partial charge in [0.1, 0.15) is 10.7 Å². The van der Waals surface area contributed by atoms with Crippen molar-refractivity contribution in [2.75, 3.05) is 11.9 Å². The maximum Gasteiger partial charge on any atom is 0.341 e. The number of nitrogens with one attached hydrogen (secondary N) is 1.